The van der Waals surface area contributed by atoms with Gasteiger partial charge in [-0.25, -0.2) is 4.79 Å². The van der Waals surface area contributed by atoms with Crippen molar-refractivity contribution in [2.24, 2.45) is 11.3 Å². The fourth-order valence-electron chi connectivity index (χ4n) is 5.93. The fraction of sp³-hybridized carbons (Fsp3) is 0.538. The van der Waals surface area contributed by atoms with Crippen molar-refractivity contribution in [2.75, 3.05) is 13.2 Å². The Morgan fingerprint density at radius 2 is 1.97 bits per heavy atom. The van der Waals surface area contributed by atoms with Crippen LogP contribution in [0, 0.1) is 25.2 Å². The molecule has 2 atom stereocenters. The average Bonchev–Trinajstić information content (AvgIpc) is 3.42. The third kappa shape index (κ3) is 4.90. The molecule has 2 fully saturated rings. The molecular formula is C26H33N3O6. The van der Waals surface area contributed by atoms with E-state index in [9.17, 15) is 19.2 Å². The number of Topliss-reactive ketones (excluding diaryl/α,β-unsaturated/α-hetero) is 1. The number of carbonyl (C=O) groups excluding carboxylic acids is 4. The van der Waals surface area contributed by atoms with Gasteiger partial charge in [0.25, 0.3) is 5.91 Å². The number of amides is 3. The van der Waals surface area contributed by atoms with Gasteiger partial charge in [-0.05, 0) is 62.6 Å². The number of rotatable bonds is 7. The van der Waals surface area contributed by atoms with Gasteiger partial charge in [-0.15, -0.1) is 0 Å². The lowest BCUT2D eigenvalue weighted by atomic mass is 9.64. The largest absolute Gasteiger partial charge is 0.467 e. The van der Waals surface area contributed by atoms with Gasteiger partial charge in [-0.1, -0.05) is 20.8 Å². The van der Waals surface area contributed by atoms with E-state index < -0.39 is 36.6 Å². The molecule has 0 unspecified atom stereocenters. The molecule has 1 aliphatic heterocycles. The van der Waals surface area contributed by atoms with Crippen molar-refractivity contribution in [1.82, 2.24) is 14.8 Å². The molecule has 1 spiro atoms. The summed E-state index contributed by atoms with van der Waals surface area (Å²) < 4.78 is 12.5. The zero-order valence-corrected chi connectivity index (χ0v) is 21.0. The van der Waals surface area contributed by atoms with Gasteiger partial charge in [0, 0.05) is 17.0 Å². The first-order chi connectivity index (χ1) is 16.4. The third-order valence-corrected chi connectivity index (χ3v) is 7.04. The SMILES string of the molecule is Cc1cc(C(=O)COC(=O)CN2C(=O)N[C@@]3(C[C@@H](C)CC(C)(C)C3)C2=O)c(C)n1Cc1ccco1. The van der Waals surface area contributed by atoms with Crippen LogP contribution in [0.2, 0.25) is 0 Å². The molecule has 1 saturated carbocycles. The zero-order valence-electron chi connectivity index (χ0n) is 21.0. The topological polar surface area (TPSA) is 111 Å². The number of aromatic nitrogens is 1. The lowest BCUT2D eigenvalue weighted by Crippen LogP contribution is -2.54. The first kappa shape index (κ1) is 24.8. The Morgan fingerprint density at radius 1 is 1.23 bits per heavy atom. The van der Waals surface area contributed by atoms with E-state index in [-0.39, 0.29) is 17.1 Å². The quantitative estimate of drug-likeness (QED) is 0.366. The number of hydrogen-bond donors (Lipinski definition) is 1. The van der Waals surface area contributed by atoms with Crippen molar-refractivity contribution < 1.29 is 28.3 Å². The lowest BCUT2D eigenvalue weighted by Gasteiger charge is -2.43. The highest BCUT2D eigenvalue weighted by Gasteiger charge is 2.56. The minimum absolute atomic E-state index is 0.104. The summed E-state index contributed by atoms with van der Waals surface area (Å²) in [5.74, 6) is -0.523. The van der Waals surface area contributed by atoms with Gasteiger partial charge in [0.2, 0.25) is 5.78 Å². The van der Waals surface area contributed by atoms with E-state index in [0.717, 1.165) is 28.5 Å². The molecule has 9 nitrogen and oxygen atoms in total. The summed E-state index contributed by atoms with van der Waals surface area (Å²) >= 11 is 0. The van der Waals surface area contributed by atoms with Crippen LogP contribution in [0.25, 0.3) is 0 Å². The monoisotopic (exact) mass is 483 g/mol. The molecule has 0 aromatic carbocycles. The highest BCUT2D eigenvalue weighted by Crippen LogP contribution is 2.46. The number of imide groups is 1. The van der Waals surface area contributed by atoms with E-state index in [4.69, 9.17) is 9.15 Å². The van der Waals surface area contributed by atoms with Crippen molar-refractivity contribution in [3.8, 4) is 0 Å². The first-order valence-electron chi connectivity index (χ1n) is 11.9. The van der Waals surface area contributed by atoms with E-state index in [1.54, 1.807) is 18.4 Å². The van der Waals surface area contributed by atoms with Crippen LogP contribution in [0.1, 0.15) is 67.5 Å². The van der Waals surface area contributed by atoms with E-state index in [0.29, 0.717) is 24.9 Å². The molecule has 188 valence electrons. The first-order valence-corrected chi connectivity index (χ1v) is 11.9. The summed E-state index contributed by atoms with van der Waals surface area (Å²) in [5, 5.41) is 2.84. The van der Waals surface area contributed by atoms with Gasteiger partial charge in [0.15, 0.2) is 6.61 Å². The van der Waals surface area contributed by atoms with E-state index in [2.05, 4.69) is 26.1 Å². The number of carbonyl (C=O) groups is 4. The Kier molecular flexibility index (Phi) is 6.38. The van der Waals surface area contributed by atoms with Crippen LogP contribution >= 0.6 is 0 Å². The number of hydrogen-bond acceptors (Lipinski definition) is 6. The summed E-state index contributed by atoms with van der Waals surface area (Å²) in [6.45, 7) is 9.44. The normalized spacial score (nSPS) is 23.6. The maximum absolute atomic E-state index is 13.2. The van der Waals surface area contributed by atoms with Crippen LogP contribution in [-0.2, 0) is 20.9 Å². The van der Waals surface area contributed by atoms with Crippen LogP contribution in [0.3, 0.4) is 0 Å². The second-order valence-corrected chi connectivity index (χ2v) is 10.8. The Labute approximate surface area is 204 Å². The van der Waals surface area contributed by atoms with Crippen molar-refractivity contribution in [3.05, 3.63) is 47.2 Å². The maximum atomic E-state index is 13.2. The van der Waals surface area contributed by atoms with E-state index in [1.165, 1.54) is 0 Å². The molecule has 2 aromatic heterocycles. The van der Waals surface area contributed by atoms with E-state index >= 15 is 0 Å². The van der Waals surface area contributed by atoms with E-state index in [1.807, 2.05) is 24.5 Å². The number of nitrogens with one attached hydrogen (secondary N) is 1. The molecular weight excluding hydrogens is 450 g/mol. The van der Waals surface area contributed by atoms with Gasteiger partial charge in [-0.3, -0.25) is 19.3 Å². The highest BCUT2D eigenvalue weighted by molar-refractivity contribution is 6.09. The summed E-state index contributed by atoms with van der Waals surface area (Å²) in [6, 6.07) is 4.82. The number of esters is 1. The van der Waals surface area contributed by atoms with Crippen molar-refractivity contribution in [2.45, 2.75) is 66.0 Å². The van der Waals surface area contributed by atoms with Crippen LogP contribution in [0.15, 0.2) is 28.9 Å². The molecule has 9 heteroatoms. The lowest BCUT2D eigenvalue weighted by molar-refractivity contribution is -0.147. The molecule has 0 bridgehead atoms. The van der Waals surface area contributed by atoms with Gasteiger partial charge >= 0.3 is 12.0 Å². The average molecular weight is 484 g/mol. The van der Waals surface area contributed by atoms with Gasteiger partial charge < -0.3 is 19.0 Å². The number of nitrogens with zero attached hydrogens (tertiary/aromatic N) is 2. The van der Waals surface area contributed by atoms with Crippen LogP contribution in [-0.4, -0.2) is 51.8 Å². The standard InChI is InChI=1S/C26H33N3O6/c1-16-10-25(4,5)15-26(11-16)23(32)29(24(33)27-26)13-22(31)35-14-21(30)20-9-17(2)28(18(20)3)12-19-7-6-8-34-19/h6-9,16H,10-15H2,1-5H3,(H,27,33)/t16-,26+/m0/s1. The Hall–Kier alpha value is -3.36. The van der Waals surface area contributed by atoms with Gasteiger partial charge in [0.1, 0.15) is 17.8 Å². The van der Waals surface area contributed by atoms with Crippen molar-refractivity contribution in [1.29, 1.82) is 0 Å². The number of ketones is 1. The Bertz CT molecular complexity index is 1160. The van der Waals surface area contributed by atoms with Crippen LogP contribution < -0.4 is 5.32 Å². The second kappa shape index (κ2) is 9.02. The summed E-state index contributed by atoms with van der Waals surface area (Å²) in [4.78, 5) is 52.0. The second-order valence-electron chi connectivity index (χ2n) is 10.8. The highest BCUT2D eigenvalue weighted by atomic mass is 16.5. The molecule has 1 N–H and O–H groups in total. The molecule has 3 amide bonds. The smallest absolute Gasteiger partial charge is 0.326 e. The van der Waals surface area contributed by atoms with Crippen LogP contribution in [0.5, 0.6) is 0 Å². The van der Waals surface area contributed by atoms with Crippen molar-refractivity contribution >= 4 is 23.7 Å². The third-order valence-electron chi connectivity index (χ3n) is 7.04. The van der Waals surface area contributed by atoms with Gasteiger partial charge in [0.05, 0.1) is 12.8 Å². The van der Waals surface area contributed by atoms with Crippen LogP contribution in [0.4, 0.5) is 4.79 Å². The molecule has 2 aliphatic rings. The van der Waals surface area contributed by atoms with Gasteiger partial charge in [-0.2, -0.15) is 0 Å². The zero-order chi connectivity index (χ0) is 25.5. The minimum atomic E-state index is -0.986. The Morgan fingerprint density at radius 3 is 2.63 bits per heavy atom. The summed E-state index contributed by atoms with van der Waals surface area (Å²) in [5.41, 5.74) is 0.981. The Balaban J connectivity index is 1.37. The summed E-state index contributed by atoms with van der Waals surface area (Å²) in [6.07, 6.45) is 3.62. The molecule has 1 aliphatic carbocycles. The number of furan rings is 1. The molecule has 35 heavy (non-hydrogen) atoms. The number of aryl methyl sites for hydroxylation is 1. The molecule has 4 rings (SSSR count). The molecule has 2 aromatic rings. The fourth-order valence-corrected chi connectivity index (χ4v) is 5.93. The predicted octanol–water partition coefficient (Wildman–Crippen LogP) is 3.61. The molecule has 3 heterocycles. The predicted molar refractivity (Wildman–Crippen MR) is 127 cm³/mol. The molecule has 0 radical (unpaired) electrons. The maximum Gasteiger partial charge on any atom is 0.326 e. The van der Waals surface area contributed by atoms with Crippen molar-refractivity contribution in [3.63, 3.8) is 0 Å². The minimum Gasteiger partial charge on any atom is -0.467 e. The summed E-state index contributed by atoms with van der Waals surface area (Å²) in [7, 11) is 0. The number of ether oxygens (including phenoxy) is 1. The molecule has 1 saturated heterocycles. The number of urea groups is 1.